The molecule has 0 aromatic heterocycles. The standard InChI is InChI=1S/C10H16O5/c1-3-14-9(11)7-5-13-6-8(7)10(12)15-4-2/h7-8H,3-6H2,1-2H3. The van der Waals surface area contributed by atoms with Crippen LogP contribution < -0.4 is 0 Å². The van der Waals surface area contributed by atoms with Crippen LogP contribution in [0.3, 0.4) is 0 Å². The van der Waals surface area contributed by atoms with E-state index in [1.54, 1.807) is 13.8 Å². The third-order valence-electron chi connectivity index (χ3n) is 2.26. The number of hydrogen-bond donors (Lipinski definition) is 0. The van der Waals surface area contributed by atoms with Gasteiger partial charge < -0.3 is 14.2 Å². The fourth-order valence-corrected chi connectivity index (χ4v) is 1.52. The molecule has 1 aliphatic rings. The molecule has 86 valence electrons. The molecular formula is C10H16O5. The van der Waals surface area contributed by atoms with Gasteiger partial charge in [-0.3, -0.25) is 9.59 Å². The van der Waals surface area contributed by atoms with E-state index in [2.05, 4.69) is 0 Å². The second kappa shape index (κ2) is 5.70. The summed E-state index contributed by atoms with van der Waals surface area (Å²) < 4.78 is 14.8. The molecule has 1 fully saturated rings. The smallest absolute Gasteiger partial charge is 0.312 e. The average molecular weight is 216 g/mol. The molecule has 0 bridgehead atoms. The maximum Gasteiger partial charge on any atom is 0.312 e. The van der Waals surface area contributed by atoms with Crippen LogP contribution in [-0.2, 0) is 23.8 Å². The monoisotopic (exact) mass is 216 g/mol. The molecule has 2 atom stereocenters. The molecule has 5 heteroatoms. The molecule has 1 heterocycles. The first kappa shape index (κ1) is 12.0. The van der Waals surface area contributed by atoms with Crippen molar-refractivity contribution in [2.45, 2.75) is 13.8 Å². The van der Waals surface area contributed by atoms with Crippen LogP contribution in [0.5, 0.6) is 0 Å². The molecule has 0 spiro atoms. The van der Waals surface area contributed by atoms with Crippen LogP contribution in [0.25, 0.3) is 0 Å². The maximum absolute atomic E-state index is 11.5. The van der Waals surface area contributed by atoms with Gasteiger partial charge in [0.25, 0.3) is 0 Å². The van der Waals surface area contributed by atoms with Crippen molar-refractivity contribution in [3.63, 3.8) is 0 Å². The van der Waals surface area contributed by atoms with Crippen LogP contribution in [0.1, 0.15) is 13.8 Å². The lowest BCUT2D eigenvalue weighted by atomic mass is 9.96. The highest BCUT2D eigenvalue weighted by atomic mass is 16.6. The van der Waals surface area contributed by atoms with Gasteiger partial charge in [0.15, 0.2) is 0 Å². The Kier molecular flexibility index (Phi) is 4.55. The Bertz CT molecular complexity index is 214. The summed E-state index contributed by atoms with van der Waals surface area (Å²) in [5.74, 6) is -1.78. The molecule has 1 aliphatic heterocycles. The average Bonchev–Trinajstić information content (AvgIpc) is 2.66. The van der Waals surface area contributed by atoms with Crippen molar-refractivity contribution in [3.05, 3.63) is 0 Å². The van der Waals surface area contributed by atoms with E-state index >= 15 is 0 Å². The predicted octanol–water partition coefficient (Wildman–Crippen LogP) is 0.375. The van der Waals surface area contributed by atoms with Gasteiger partial charge in [0.05, 0.1) is 38.3 Å². The van der Waals surface area contributed by atoms with Crippen molar-refractivity contribution in [1.82, 2.24) is 0 Å². The molecular weight excluding hydrogens is 200 g/mol. The Morgan fingerprint density at radius 3 is 1.80 bits per heavy atom. The van der Waals surface area contributed by atoms with Crippen LogP contribution >= 0.6 is 0 Å². The normalized spacial score (nSPS) is 24.9. The highest BCUT2D eigenvalue weighted by Crippen LogP contribution is 2.23. The van der Waals surface area contributed by atoms with Gasteiger partial charge in [0, 0.05) is 0 Å². The van der Waals surface area contributed by atoms with E-state index in [0.29, 0.717) is 13.2 Å². The van der Waals surface area contributed by atoms with Gasteiger partial charge in [0.2, 0.25) is 0 Å². The van der Waals surface area contributed by atoms with Crippen LogP contribution in [-0.4, -0.2) is 38.4 Å². The highest BCUT2D eigenvalue weighted by molar-refractivity contribution is 5.82. The minimum absolute atomic E-state index is 0.238. The number of ether oxygens (including phenoxy) is 3. The van der Waals surface area contributed by atoms with Gasteiger partial charge in [-0.15, -0.1) is 0 Å². The zero-order valence-electron chi connectivity index (χ0n) is 9.02. The summed E-state index contributed by atoms with van der Waals surface area (Å²) >= 11 is 0. The van der Waals surface area contributed by atoms with Crippen LogP contribution in [0.15, 0.2) is 0 Å². The second-order valence-electron chi connectivity index (χ2n) is 3.25. The molecule has 2 unspecified atom stereocenters. The van der Waals surface area contributed by atoms with E-state index in [9.17, 15) is 9.59 Å². The zero-order chi connectivity index (χ0) is 11.3. The summed E-state index contributed by atoms with van der Waals surface area (Å²) in [6.45, 7) is 4.56. The summed E-state index contributed by atoms with van der Waals surface area (Å²) in [5.41, 5.74) is 0. The van der Waals surface area contributed by atoms with Crippen molar-refractivity contribution < 1.29 is 23.8 Å². The van der Waals surface area contributed by atoms with Gasteiger partial charge >= 0.3 is 11.9 Å². The number of rotatable bonds is 4. The van der Waals surface area contributed by atoms with Crippen molar-refractivity contribution in [2.75, 3.05) is 26.4 Å². The van der Waals surface area contributed by atoms with E-state index in [4.69, 9.17) is 14.2 Å². The van der Waals surface area contributed by atoms with E-state index in [0.717, 1.165) is 0 Å². The Morgan fingerprint density at radius 1 is 1.07 bits per heavy atom. The maximum atomic E-state index is 11.5. The second-order valence-corrected chi connectivity index (χ2v) is 3.25. The molecule has 0 N–H and O–H groups in total. The summed E-state index contributed by atoms with van der Waals surface area (Å²) in [6.07, 6.45) is 0. The number of esters is 2. The lowest BCUT2D eigenvalue weighted by molar-refractivity contribution is -0.157. The summed E-state index contributed by atoms with van der Waals surface area (Å²) in [6, 6.07) is 0. The largest absolute Gasteiger partial charge is 0.466 e. The third kappa shape index (κ3) is 2.92. The number of carbonyl (C=O) groups is 2. The van der Waals surface area contributed by atoms with Gasteiger partial charge in [-0.05, 0) is 13.8 Å². The Balaban J connectivity index is 2.56. The number of hydrogen-bond acceptors (Lipinski definition) is 5. The molecule has 0 aliphatic carbocycles. The molecule has 0 amide bonds. The van der Waals surface area contributed by atoms with E-state index < -0.39 is 11.8 Å². The lowest BCUT2D eigenvalue weighted by Crippen LogP contribution is -2.31. The molecule has 0 radical (unpaired) electrons. The van der Waals surface area contributed by atoms with Crippen molar-refractivity contribution >= 4 is 11.9 Å². The summed E-state index contributed by atoms with van der Waals surface area (Å²) in [4.78, 5) is 22.9. The molecule has 0 aromatic carbocycles. The topological polar surface area (TPSA) is 61.8 Å². The first-order chi connectivity index (χ1) is 7.20. The first-order valence-corrected chi connectivity index (χ1v) is 5.11. The van der Waals surface area contributed by atoms with Gasteiger partial charge in [-0.1, -0.05) is 0 Å². The summed E-state index contributed by atoms with van der Waals surface area (Å²) in [5, 5.41) is 0. The Hall–Kier alpha value is -1.10. The first-order valence-electron chi connectivity index (χ1n) is 5.11. The molecule has 5 nitrogen and oxygen atoms in total. The van der Waals surface area contributed by atoms with E-state index in [1.807, 2.05) is 0 Å². The van der Waals surface area contributed by atoms with Gasteiger partial charge in [-0.25, -0.2) is 0 Å². The predicted molar refractivity (Wildman–Crippen MR) is 51.1 cm³/mol. The minimum atomic E-state index is -0.510. The molecule has 0 saturated carbocycles. The molecule has 0 aromatic rings. The minimum Gasteiger partial charge on any atom is -0.466 e. The van der Waals surface area contributed by atoms with Crippen molar-refractivity contribution in [2.24, 2.45) is 11.8 Å². The van der Waals surface area contributed by atoms with Gasteiger partial charge in [-0.2, -0.15) is 0 Å². The zero-order valence-corrected chi connectivity index (χ0v) is 9.02. The van der Waals surface area contributed by atoms with Crippen LogP contribution in [0, 0.1) is 11.8 Å². The quantitative estimate of drug-likeness (QED) is 0.635. The van der Waals surface area contributed by atoms with Crippen molar-refractivity contribution in [3.8, 4) is 0 Å². The fourth-order valence-electron chi connectivity index (χ4n) is 1.52. The van der Waals surface area contributed by atoms with Crippen molar-refractivity contribution in [1.29, 1.82) is 0 Å². The van der Waals surface area contributed by atoms with E-state index in [-0.39, 0.29) is 25.2 Å². The molecule has 1 saturated heterocycles. The fraction of sp³-hybridized carbons (Fsp3) is 0.800. The van der Waals surface area contributed by atoms with Crippen LogP contribution in [0.2, 0.25) is 0 Å². The Labute approximate surface area is 88.7 Å². The SMILES string of the molecule is CCOC(=O)C1COCC1C(=O)OCC. The third-order valence-corrected chi connectivity index (χ3v) is 2.26. The Morgan fingerprint density at radius 2 is 1.47 bits per heavy atom. The molecule has 1 rings (SSSR count). The highest BCUT2D eigenvalue weighted by Gasteiger charge is 2.40. The number of carbonyl (C=O) groups excluding carboxylic acids is 2. The molecule has 15 heavy (non-hydrogen) atoms. The van der Waals surface area contributed by atoms with E-state index in [1.165, 1.54) is 0 Å². The lowest BCUT2D eigenvalue weighted by Gasteiger charge is -2.14. The summed E-state index contributed by atoms with van der Waals surface area (Å²) in [7, 11) is 0. The van der Waals surface area contributed by atoms with Crippen LogP contribution in [0.4, 0.5) is 0 Å². The van der Waals surface area contributed by atoms with Gasteiger partial charge in [0.1, 0.15) is 0 Å².